The molecule has 0 aliphatic carbocycles. The Labute approximate surface area is 145 Å². The summed E-state index contributed by atoms with van der Waals surface area (Å²) in [6.45, 7) is 6.31. The zero-order valence-corrected chi connectivity index (χ0v) is 15.0. The van der Waals surface area contributed by atoms with E-state index in [9.17, 15) is 0 Å². The van der Waals surface area contributed by atoms with E-state index >= 15 is 0 Å². The Bertz CT molecular complexity index is 820. The van der Waals surface area contributed by atoms with Gasteiger partial charge in [-0.2, -0.15) is 5.10 Å². The van der Waals surface area contributed by atoms with Gasteiger partial charge >= 0.3 is 0 Å². The Balaban J connectivity index is 1.84. The normalized spacial score (nSPS) is 11.7. The highest BCUT2D eigenvalue weighted by Crippen LogP contribution is 2.28. The summed E-state index contributed by atoms with van der Waals surface area (Å²) in [5, 5.41) is 13.4. The highest BCUT2D eigenvalue weighted by Gasteiger charge is 2.19. The van der Waals surface area contributed by atoms with Crippen molar-refractivity contribution in [2.24, 2.45) is 0 Å². The quantitative estimate of drug-likeness (QED) is 0.663. The van der Waals surface area contributed by atoms with Crippen LogP contribution in [0.25, 0.3) is 5.69 Å². The maximum absolute atomic E-state index is 5.43. The third-order valence-corrected chi connectivity index (χ3v) is 4.38. The van der Waals surface area contributed by atoms with Crippen LogP contribution < -0.4 is 4.74 Å². The van der Waals surface area contributed by atoms with E-state index in [-0.39, 0.29) is 5.54 Å². The van der Waals surface area contributed by atoms with E-state index in [0.717, 1.165) is 22.4 Å². The van der Waals surface area contributed by atoms with Gasteiger partial charge in [0.05, 0.1) is 24.1 Å². The molecular formula is C16H20N6OS. The molecule has 2 heterocycles. The van der Waals surface area contributed by atoms with Gasteiger partial charge in [-0.05, 0) is 32.9 Å². The first-order valence-electron chi connectivity index (χ1n) is 7.56. The molecule has 0 bridgehead atoms. The van der Waals surface area contributed by atoms with Crippen LogP contribution in [0.5, 0.6) is 5.75 Å². The van der Waals surface area contributed by atoms with Gasteiger partial charge in [-0.25, -0.2) is 9.67 Å². The Kier molecular flexibility index (Phi) is 4.57. The highest BCUT2D eigenvalue weighted by atomic mass is 32.2. The van der Waals surface area contributed by atoms with Crippen molar-refractivity contribution in [2.75, 3.05) is 7.11 Å². The van der Waals surface area contributed by atoms with Crippen LogP contribution in [-0.4, -0.2) is 36.6 Å². The van der Waals surface area contributed by atoms with Gasteiger partial charge in [-0.1, -0.05) is 23.9 Å². The number of hydrogen-bond acceptors (Lipinski definition) is 6. The van der Waals surface area contributed by atoms with Crippen LogP contribution in [0.4, 0.5) is 0 Å². The number of para-hydroxylation sites is 2. The fraction of sp³-hybridized carbons (Fsp3) is 0.375. The molecule has 0 spiro atoms. The molecule has 0 atom stereocenters. The van der Waals surface area contributed by atoms with Crippen molar-refractivity contribution in [3.63, 3.8) is 0 Å². The molecule has 3 rings (SSSR count). The van der Waals surface area contributed by atoms with Gasteiger partial charge in [0.25, 0.3) is 0 Å². The van der Waals surface area contributed by atoms with Crippen LogP contribution in [0.2, 0.25) is 0 Å². The fourth-order valence-electron chi connectivity index (χ4n) is 2.37. The Morgan fingerprint density at radius 3 is 2.75 bits per heavy atom. The molecule has 0 amide bonds. The molecule has 0 saturated heterocycles. The summed E-state index contributed by atoms with van der Waals surface area (Å²) in [5.41, 5.74) is 0.799. The van der Waals surface area contributed by atoms with Crippen LogP contribution in [0, 0.1) is 0 Å². The maximum Gasteiger partial charge on any atom is 0.196 e. The summed E-state index contributed by atoms with van der Waals surface area (Å²) in [6.07, 6.45) is 3.28. The first kappa shape index (κ1) is 16.5. The minimum absolute atomic E-state index is 0.108. The van der Waals surface area contributed by atoms with Crippen molar-refractivity contribution in [1.82, 2.24) is 29.5 Å². The van der Waals surface area contributed by atoms with E-state index in [1.807, 2.05) is 33.5 Å². The molecule has 0 aliphatic rings. The average Bonchev–Trinajstić information content (AvgIpc) is 3.21. The van der Waals surface area contributed by atoms with Crippen LogP contribution in [0.15, 0.2) is 42.1 Å². The van der Waals surface area contributed by atoms with E-state index in [0.29, 0.717) is 5.75 Å². The van der Waals surface area contributed by atoms with Crippen LogP contribution in [-0.2, 0) is 11.3 Å². The molecular weight excluding hydrogens is 324 g/mol. The molecule has 8 heteroatoms. The van der Waals surface area contributed by atoms with Crippen molar-refractivity contribution in [2.45, 2.75) is 37.2 Å². The summed E-state index contributed by atoms with van der Waals surface area (Å²) >= 11 is 1.57. The first-order valence-corrected chi connectivity index (χ1v) is 8.55. The monoisotopic (exact) mass is 344 g/mol. The van der Waals surface area contributed by atoms with Gasteiger partial charge in [0.15, 0.2) is 5.16 Å². The summed E-state index contributed by atoms with van der Waals surface area (Å²) in [5.74, 6) is 2.34. The number of ether oxygens (including phenoxy) is 1. The second kappa shape index (κ2) is 6.64. The minimum atomic E-state index is -0.108. The van der Waals surface area contributed by atoms with Crippen molar-refractivity contribution in [1.29, 1.82) is 0 Å². The third kappa shape index (κ3) is 3.28. The lowest BCUT2D eigenvalue weighted by atomic mass is 10.1. The van der Waals surface area contributed by atoms with Gasteiger partial charge in [0, 0.05) is 0 Å². The van der Waals surface area contributed by atoms with E-state index in [2.05, 4.69) is 41.1 Å². The number of methoxy groups -OCH3 is 1. The molecule has 1 aromatic carbocycles. The lowest BCUT2D eigenvalue weighted by Gasteiger charge is -2.21. The fourth-order valence-corrected chi connectivity index (χ4v) is 3.21. The standard InChI is InChI=1S/C16H20N6OS/c1-16(2,3)22-14(17-10-19-22)9-24-15-20-18-11-21(15)12-7-5-6-8-13(12)23-4/h5-8,10-11H,9H2,1-4H3. The van der Waals surface area contributed by atoms with Gasteiger partial charge in [-0.15, -0.1) is 10.2 Å². The number of benzene rings is 1. The van der Waals surface area contributed by atoms with Crippen LogP contribution >= 0.6 is 11.8 Å². The second-order valence-electron chi connectivity index (χ2n) is 6.20. The number of hydrogen-bond donors (Lipinski definition) is 0. The number of aromatic nitrogens is 6. The van der Waals surface area contributed by atoms with E-state index in [1.165, 1.54) is 0 Å². The average molecular weight is 344 g/mol. The molecule has 2 aromatic heterocycles. The molecule has 126 valence electrons. The Morgan fingerprint density at radius 2 is 2.00 bits per heavy atom. The number of thioether (sulfide) groups is 1. The smallest absolute Gasteiger partial charge is 0.196 e. The van der Waals surface area contributed by atoms with Crippen molar-refractivity contribution >= 4 is 11.8 Å². The van der Waals surface area contributed by atoms with E-state index < -0.39 is 0 Å². The van der Waals surface area contributed by atoms with Crippen molar-refractivity contribution in [3.05, 3.63) is 42.7 Å². The molecule has 0 unspecified atom stereocenters. The summed E-state index contributed by atoms with van der Waals surface area (Å²) in [6, 6.07) is 7.79. The summed E-state index contributed by atoms with van der Waals surface area (Å²) < 4.78 is 9.28. The summed E-state index contributed by atoms with van der Waals surface area (Å²) in [7, 11) is 1.65. The lowest BCUT2D eigenvalue weighted by Crippen LogP contribution is -2.25. The topological polar surface area (TPSA) is 70.7 Å². The van der Waals surface area contributed by atoms with Crippen molar-refractivity contribution < 1.29 is 4.74 Å². The van der Waals surface area contributed by atoms with E-state index in [4.69, 9.17) is 4.74 Å². The van der Waals surface area contributed by atoms with Crippen LogP contribution in [0.3, 0.4) is 0 Å². The van der Waals surface area contributed by atoms with Crippen molar-refractivity contribution in [3.8, 4) is 11.4 Å². The predicted molar refractivity (Wildman–Crippen MR) is 92.5 cm³/mol. The number of nitrogens with zero attached hydrogens (tertiary/aromatic N) is 6. The van der Waals surface area contributed by atoms with Gasteiger partial charge in [0.1, 0.15) is 24.2 Å². The molecule has 0 saturated carbocycles. The molecule has 7 nitrogen and oxygen atoms in total. The minimum Gasteiger partial charge on any atom is -0.495 e. The number of rotatable bonds is 5. The SMILES string of the molecule is COc1ccccc1-n1cnnc1SCc1ncnn1C(C)(C)C. The molecule has 24 heavy (non-hydrogen) atoms. The highest BCUT2D eigenvalue weighted by molar-refractivity contribution is 7.98. The van der Waals surface area contributed by atoms with E-state index in [1.54, 1.807) is 31.5 Å². The zero-order chi connectivity index (χ0) is 17.2. The molecule has 3 aromatic rings. The molecule has 0 fully saturated rings. The predicted octanol–water partition coefficient (Wildman–Crippen LogP) is 2.91. The van der Waals surface area contributed by atoms with Crippen LogP contribution in [0.1, 0.15) is 26.6 Å². The van der Waals surface area contributed by atoms with Gasteiger partial charge in [-0.3, -0.25) is 4.57 Å². The Hall–Kier alpha value is -2.35. The first-order chi connectivity index (χ1) is 11.5. The van der Waals surface area contributed by atoms with Gasteiger partial charge < -0.3 is 4.74 Å². The summed E-state index contributed by atoms with van der Waals surface area (Å²) in [4.78, 5) is 4.37. The largest absolute Gasteiger partial charge is 0.495 e. The lowest BCUT2D eigenvalue weighted by molar-refractivity contribution is 0.345. The zero-order valence-electron chi connectivity index (χ0n) is 14.2. The second-order valence-corrected chi connectivity index (χ2v) is 7.15. The maximum atomic E-state index is 5.43. The molecule has 0 aliphatic heterocycles. The Morgan fingerprint density at radius 1 is 1.21 bits per heavy atom. The molecule has 0 N–H and O–H groups in total. The third-order valence-electron chi connectivity index (χ3n) is 3.45. The van der Waals surface area contributed by atoms with Gasteiger partial charge in [0.2, 0.25) is 0 Å². The molecule has 0 radical (unpaired) electrons.